The van der Waals surface area contributed by atoms with Crippen molar-refractivity contribution >= 4 is 18.0 Å². The van der Waals surface area contributed by atoms with Crippen LogP contribution in [0, 0.1) is 18.3 Å². The van der Waals surface area contributed by atoms with Gasteiger partial charge in [-0.3, -0.25) is 4.79 Å². The molecule has 0 radical (unpaired) electrons. The Morgan fingerprint density at radius 2 is 2.05 bits per heavy atom. The van der Waals surface area contributed by atoms with Crippen LogP contribution in [0.1, 0.15) is 21.7 Å². The number of carboxylic acid groups (broad SMARTS) is 1. The fraction of sp³-hybridized carbons (Fsp3) is 0.0625. The molecule has 2 aromatic rings. The van der Waals surface area contributed by atoms with Gasteiger partial charge in [-0.05, 0) is 36.8 Å². The Morgan fingerprint density at radius 1 is 1.32 bits per heavy atom. The minimum atomic E-state index is -1.03. The maximum Gasteiger partial charge on any atom is 0.335 e. The number of primary amides is 1. The first kappa shape index (κ1) is 15.1. The molecule has 3 N–H and O–H groups in total. The molecule has 2 rings (SSSR count). The summed E-state index contributed by atoms with van der Waals surface area (Å²) in [6.45, 7) is 1.82. The van der Waals surface area contributed by atoms with E-state index in [-0.39, 0.29) is 16.9 Å². The standard InChI is InChI=1S/C16H12N2O4/c1-9-2-3-10(16(20)21)7-13(9)14-5-4-12(22-14)6-11(8-17)15(18)19/h2-7H,1H3,(H2,18,19)(H,20,21)/b11-6+. The topological polar surface area (TPSA) is 117 Å². The van der Waals surface area contributed by atoms with Gasteiger partial charge in [-0.2, -0.15) is 5.26 Å². The second-order valence-electron chi connectivity index (χ2n) is 4.57. The summed E-state index contributed by atoms with van der Waals surface area (Å²) in [4.78, 5) is 22.0. The molecule has 0 aliphatic rings. The third kappa shape index (κ3) is 3.04. The summed E-state index contributed by atoms with van der Waals surface area (Å²) >= 11 is 0. The Kier molecular flexibility index (Phi) is 4.09. The normalized spacial score (nSPS) is 11.0. The zero-order valence-electron chi connectivity index (χ0n) is 11.7. The quantitative estimate of drug-likeness (QED) is 0.663. The van der Waals surface area contributed by atoms with Crippen molar-refractivity contribution in [1.82, 2.24) is 0 Å². The maximum absolute atomic E-state index is 11.0. The number of hydrogen-bond donors (Lipinski definition) is 2. The van der Waals surface area contributed by atoms with Crippen LogP contribution in [-0.2, 0) is 4.79 Å². The zero-order chi connectivity index (χ0) is 16.3. The molecule has 1 amide bonds. The largest absolute Gasteiger partial charge is 0.478 e. The monoisotopic (exact) mass is 296 g/mol. The van der Waals surface area contributed by atoms with E-state index in [1.807, 2.05) is 6.92 Å². The summed E-state index contributed by atoms with van der Waals surface area (Å²) in [5.41, 5.74) is 6.43. The first-order valence-electron chi connectivity index (χ1n) is 6.28. The molecule has 0 fully saturated rings. The average molecular weight is 296 g/mol. The number of carbonyl (C=O) groups excluding carboxylic acids is 1. The number of nitrogens with zero attached hydrogens (tertiary/aromatic N) is 1. The van der Waals surface area contributed by atoms with Gasteiger partial charge in [0, 0.05) is 11.6 Å². The number of hydrogen-bond acceptors (Lipinski definition) is 4. The predicted octanol–water partition coefficient (Wildman–Crippen LogP) is 2.35. The van der Waals surface area contributed by atoms with Gasteiger partial charge in [-0.25, -0.2) is 4.79 Å². The Bertz CT molecular complexity index is 825. The van der Waals surface area contributed by atoms with E-state index < -0.39 is 11.9 Å². The molecule has 1 heterocycles. The van der Waals surface area contributed by atoms with Crippen molar-refractivity contribution < 1.29 is 19.1 Å². The maximum atomic E-state index is 11.0. The van der Waals surface area contributed by atoms with Crippen LogP contribution in [0.3, 0.4) is 0 Å². The number of rotatable bonds is 4. The van der Waals surface area contributed by atoms with Crippen LogP contribution in [0.2, 0.25) is 0 Å². The lowest BCUT2D eigenvalue weighted by Gasteiger charge is -2.04. The Balaban J connectivity index is 2.45. The van der Waals surface area contributed by atoms with Crippen molar-refractivity contribution in [2.75, 3.05) is 0 Å². The molecule has 110 valence electrons. The highest BCUT2D eigenvalue weighted by molar-refractivity contribution is 6.00. The number of aryl methyl sites for hydroxylation is 1. The van der Waals surface area contributed by atoms with E-state index in [1.165, 1.54) is 18.2 Å². The Hall–Kier alpha value is -3.33. The Labute approximate surface area is 126 Å². The fourth-order valence-corrected chi connectivity index (χ4v) is 1.90. The summed E-state index contributed by atoms with van der Waals surface area (Å²) in [5, 5.41) is 17.8. The van der Waals surface area contributed by atoms with Crippen LogP contribution in [0.5, 0.6) is 0 Å². The van der Waals surface area contributed by atoms with Gasteiger partial charge in [0.15, 0.2) is 0 Å². The fourth-order valence-electron chi connectivity index (χ4n) is 1.90. The molecule has 0 aliphatic carbocycles. The third-order valence-electron chi connectivity index (χ3n) is 3.05. The van der Waals surface area contributed by atoms with Crippen molar-refractivity contribution in [3.63, 3.8) is 0 Å². The van der Waals surface area contributed by atoms with Crippen molar-refractivity contribution in [2.24, 2.45) is 5.73 Å². The van der Waals surface area contributed by atoms with Crippen LogP contribution >= 0.6 is 0 Å². The second kappa shape index (κ2) is 5.97. The lowest BCUT2D eigenvalue weighted by Crippen LogP contribution is -2.12. The number of nitriles is 1. The molecule has 0 atom stereocenters. The molecule has 1 aromatic carbocycles. The second-order valence-corrected chi connectivity index (χ2v) is 4.57. The van der Waals surface area contributed by atoms with Gasteiger partial charge in [-0.15, -0.1) is 0 Å². The lowest BCUT2D eigenvalue weighted by atomic mass is 10.0. The average Bonchev–Trinajstić information content (AvgIpc) is 2.93. The van der Waals surface area contributed by atoms with Crippen molar-refractivity contribution in [2.45, 2.75) is 6.92 Å². The van der Waals surface area contributed by atoms with Gasteiger partial charge in [0.25, 0.3) is 5.91 Å². The number of aromatic carboxylic acids is 1. The van der Waals surface area contributed by atoms with E-state index in [2.05, 4.69) is 0 Å². The first-order valence-corrected chi connectivity index (χ1v) is 6.28. The summed E-state index contributed by atoms with van der Waals surface area (Å²) < 4.78 is 5.54. The number of carboxylic acids is 1. The van der Waals surface area contributed by atoms with Crippen molar-refractivity contribution in [1.29, 1.82) is 5.26 Å². The summed E-state index contributed by atoms with van der Waals surface area (Å²) in [7, 11) is 0. The first-order chi connectivity index (χ1) is 10.4. The number of amides is 1. The van der Waals surface area contributed by atoms with Crippen LogP contribution in [0.4, 0.5) is 0 Å². The van der Waals surface area contributed by atoms with E-state index in [0.717, 1.165) is 5.56 Å². The summed E-state index contributed by atoms with van der Waals surface area (Å²) in [6, 6.07) is 9.58. The smallest absolute Gasteiger partial charge is 0.335 e. The molecular formula is C16H12N2O4. The molecule has 6 heteroatoms. The molecule has 0 saturated carbocycles. The molecule has 6 nitrogen and oxygen atoms in total. The van der Waals surface area contributed by atoms with Gasteiger partial charge in [-0.1, -0.05) is 6.07 Å². The predicted molar refractivity (Wildman–Crippen MR) is 78.6 cm³/mol. The SMILES string of the molecule is Cc1ccc(C(=O)O)cc1-c1ccc(/C=C(\C#N)C(N)=O)o1. The highest BCUT2D eigenvalue weighted by atomic mass is 16.4. The van der Waals surface area contributed by atoms with Crippen molar-refractivity contribution in [3.8, 4) is 17.4 Å². The molecule has 0 aliphatic heterocycles. The van der Waals surface area contributed by atoms with E-state index in [4.69, 9.17) is 20.5 Å². The van der Waals surface area contributed by atoms with E-state index in [9.17, 15) is 9.59 Å². The third-order valence-corrected chi connectivity index (χ3v) is 3.05. The van der Waals surface area contributed by atoms with E-state index >= 15 is 0 Å². The van der Waals surface area contributed by atoms with Gasteiger partial charge in [0.1, 0.15) is 23.2 Å². The van der Waals surface area contributed by atoms with Crippen LogP contribution < -0.4 is 5.73 Å². The molecule has 0 unspecified atom stereocenters. The van der Waals surface area contributed by atoms with E-state index in [0.29, 0.717) is 11.3 Å². The van der Waals surface area contributed by atoms with Gasteiger partial charge < -0.3 is 15.3 Å². The highest BCUT2D eigenvalue weighted by Crippen LogP contribution is 2.27. The Morgan fingerprint density at radius 3 is 2.64 bits per heavy atom. The minimum absolute atomic E-state index is 0.143. The van der Waals surface area contributed by atoms with E-state index in [1.54, 1.807) is 24.3 Å². The van der Waals surface area contributed by atoms with Crippen LogP contribution in [-0.4, -0.2) is 17.0 Å². The number of benzene rings is 1. The summed E-state index contributed by atoms with van der Waals surface area (Å²) in [6.07, 6.45) is 1.24. The molecule has 1 aromatic heterocycles. The van der Waals surface area contributed by atoms with Crippen molar-refractivity contribution in [3.05, 3.63) is 52.8 Å². The van der Waals surface area contributed by atoms with Gasteiger partial charge in [0.2, 0.25) is 0 Å². The molecule has 0 bridgehead atoms. The minimum Gasteiger partial charge on any atom is -0.478 e. The zero-order valence-corrected chi connectivity index (χ0v) is 11.7. The number of nitrogens with two attached hydrogens (primary N) is 1. The molecule has 0 saturated heterocycles. The molecule has 0 spiro atoms. The van der Waals surface area contributed by atoms with Gasteiger partial charge >= 0.3 is 5.97 Å². The molecular weight excluding hydrogens is 284 g/mol. The number of furan rings is 1. The highest BCUT2D eigenvalue weighted by Gasteiger charge is 2.12. The summed E-state index contributed by atoms with van der Waals surface area (Å²) in [5.74, 6) is -1.16. The molecule has 22 heavy (non-hydrogen) atoms. The van der Waals surface area contributed by atoms with Crippen LogP contribution in [0.25, 0.3) is 17.4 Å². The van der Waals surface area contributed by atoms with Crippen LogP contribution in [0.15, 0.2) is 40.3 Å². The van der Waals surface area contributed by atoms with Gasteiger partial charge in [0.05, 0.1) is 5.56 Å². The number of carbonyl (C=O) groups is 2. The lowest BCUT2D eigenvalue weighted by molar-refractivity contribution is -0.114.